The molecular weight excluding hydrogens is 247 g/mol. The Labute approximate surface area is 110 Å². The molecule has 2 rings (SSSR count). The van der Waals surface area contributed by atoms with Crippen molar-refractivity contribution in [2.75, 3.05) is 13.1 Å². The van der Waals surface area contributed by atoms with E-state index in [1.54, 1.807) is 17.0 Å². The van der Waals surface area contributed by atoms with Crippen molar-refractivity contribution in [2.24, 2.45) is 0 Å². The lowest BCUT2D eigenvalue weighted by Gasteiger charge is -2.17. The number of carbonyl (C=O) groups is 1. The Balaban J connectivity index is 2.37. The van der Waals surface area contributed by atoms with Crippen LogP contribution in [0.4, 0.5) is 4.39 Å². The SMILES string of the molecule is CCN(CC)C(=O)c1cnoc1-c1ccc(F)cc1. The molecule has 0 radical (unpaired) electrons. The van der Waals surface area contributed by atoms with Crippen LogP contribution in [0.5, 0.6) is 0 Å². The largest absolute Gasteiger partial charge is 0.355 e. The monoisotopic (exact) mass is 262 g/mol. The summed E-state index contributed by atoms with van der Waals surface area (Å²) in [5.74, 6) is -0.0950. The molecule has 0 unspecified atom stereocenters. The Morgan fingerprint density at radius 2 is 1.89 bits per heavy atom. The number of amides is 1. The van der Waals surface area contributed by atoms with E-state index < -0.39 is 0 Å². The number of carbonyl (C=O) groups excluding carboxylic acids is 1. The van der Waals surface area contributed by atoms with Gasteiger partial charge in [0.1, 0.15) is 11.4 Å². The summed E-state index contributed by atoms with van der Waals surface area (Å²) in [5.41, 5.74) is 1.03. The highest BCUT2D eigenvalue weighted by atomic mass is 19.1. The molecule has 2 aromatic rings. The van der Waals surface area contributed by atoms with Crippen molar-refractivity contribution in [3.63, 3.8) is 0 Å². The summed E-state index contributed by atoms with van der Waals surface area (Å²) < 4.78 is 18.0. The second-order valence-electron chi connectivity index (χ2n) is 4.05. The van der Waals surface area contributed by atoms with E-state index in [0.29, 0.717) is 30.0 Å². The first kappa shape index (κ1) is 13.3. The third-order valence-electron chi connectivity index (χ3n) is 2.96. The third-order valence-corrected chi connectivity index (χ3v) is 2.96. The summed E-state index contributed by atoms with van der Waals surface area (Å²) in [4.78, 5) is 14.0. The number of rotatable bonds is 4. The van der Waals surface area contributed by atoms with Crippen LogP contribution in [0.15, 0.2) is 35.0 Å². The van der Waals surface area contributed by atoms with E-state index in [4.69, 9.17) is 4.52 Å². The molecule has 4 nitrogen and oxygen atoms in total. The van der Waals surface area contributed by atoms with E-state index in [2.05, 4.69) is 5.16 Å². The summed E-state index contributed by atoms with van der Waals surface area (Å²) in [6, 6.07) is 5.77. The van der Waals surface area contributed by atoms with Crippen molar-refractivity contribution in [1.82, 2.24) is 10.1 Å². The zero-order valence-corrected chi connectivity index (χ0v) is 10.9. The van der Waals surface area contributed by atoms with Crippen LogP contribution in [-0.4, -0.2) is 29.1 Å². The number of aromatic nitrogens is 1. The second-order valence-corrected chi connectivity index (χ2v) is 4.05. The average molecular weight is 262 g/mol. The van der Waals surface area contributed by atoms with Crippen LogP contribution >= 0.6 is 0 Å². The minimum absolute atomic E-state index is 0.134. The van der Waals surface area contributed by atoms with Gasteiger partial charge in [0, 0.05) is 18.7 Å². The summed E-state index contributed by atoms with van der Waals surface area (Å²) in [5, 5.41) is 3.68. The molecule has 0 fully saturated rings. The van der Waals surface area contributed by atoms with Crippen LogP contribution in [-0.2, 0) is 0 Å². The minimum Gasteiger partial charge on any atom is -0.355 e. The lowest BCUT2D eigenvalue weighted by Crippen LogP contribution is -2.30. The van der Waals surface area contributed by atoms with Gasteiger partial charge in [-0.05, 0) is 38.1 Å². The summed E-state index contributed by atoms with van der Waals surface area (Å²) in [6.45, 7) is 5.05. The predicted molar refractivity (Wildman–Crippen MR) is 69.1 cm³/mol. The van der Waals surface area contributed by atoms with Gasteiger partial charge in [-0.25, -0.2) is 4.39 Å². The molecule has 0 spiro atoms. The molecule has 0 bridgehead atoms. The van der Waals surface area contributed by atoms with Crippen molar-refractivity contribution in [3.05, 3.63) is 41.8 Å². The van der Waals surface area contributed by atoms with E-state index in [1.165, 1.54) is 18.3 Å². The molecule has 1 amide bonds. The predicted octanol–water partition coefficient (Wildman–Crippen LogP) is 2.96. The van der Waals surface area contributed by atoms with Crippen molar-refractivity contribution in [1.29, 1.82) is 0 Å². The molecule has 0 saturated heterocycles. The minimum atomic E-state index is -0.333. The molecular formula is C14H15FN2O2. The fourth-order valence-corrected chi connectivity index (χ4v) is 1.88. The van der Waals surface area contributed by atoms with Gasteiger partial charge in [0.05, 0.1) is 6.20 Å². The van der Waals surface area contributed by atoms with Gasteiger partial charge in [0.2, 0.25) is 0 Å². The maximum Gasteiger partial charge on any atom is 0.259 e. The van der Waals surface area contributed by atoms with Crippen LogP contribution in [0.25, 0.3) is 11.3 Å². The second kappa shape index (κ2) is 5.65. The molecule has 5 heteroatoms. The lowest BCUT2D eigenvalue weighted by molar-refractivity contribution is 0.0773. The molecule has 1 heterocycles. The number of hydrogen-bond acceptors (Lipinski definition) is 3. The first-order chi connectivity index (χ1) is 9.17. The molecule has 0 N–H and O–H groups in total. The highest BCUT2D eigenvalue weighted by Gasteiger charge is 2.21. The van der Waals surface area contributed by atoms with Gasteiger partial charge in [-0.2, -0.15) is 0 Å². The zero-order chi connectivity index (χ0) is 13.8. The van der Waals surface area contributed by atoms with Crippen molar-refractivity contribution < 1.29 is 13.7 Å². The molecule has 0 atom stereocenters. The molecule has 0 saturated carbocycles. The van der Waals surface area contributed by atoms with E-state index in [9.17, 15) is 9.18 Å². The fourth-order valence-electron chi connectivity index (χ4n) is 1.88. The zero-order valence-electron chi connectivity index (χ0n) is 10.9. The van der Waals surface area contributed by atoms with Gasteiger partial charge in [-0.1, -0.05) is 5.16 Å². The Bertz CT molecular complexity index is 559. The highest BCUT2D eigenvalue weighted by Crippen LogP contribution is 2.24. The van der Waals surface area contributed by atoms with Crippen LogP contribution in [0.3, 0.4) is 0 Å². The molecule has 1 aromatic heterocycles. The summed E-state index contributed by atoms with van der Waals surface area (Å²) >= 11 is 0. The first-order valence-corrected chi connectivity index (χ1v) is 6.17. The number of nitrogens with zero attached hydrogens (tertiary/aromatic N) is 2. The van der Waals surface area contributed by atoms with Gasteiger partial charge in [-0.15, -0.1) is 0 Å². The van der Waals surface area contributed by atoms with Crippen LogP contribution in [0, 0.1) is 5.82 Å². The highest BCUT2D eigenvalue weighted by molar-refractivity contribution is 5.99. The maximum absolute atomic E-state index is 12.9. The fraction of sp³-hybridized carbons (Fsp3) is 0.286. The molecule has 100 valence electrons. The van der Waals surface area contributed by atoms with Crippen LogP contribution in [0.1, 0.15) is 24.2 Å². The Morgan fingerprint density at radius 3 is 2.47 bits per heavy atom. The number of hydrogen-bond donors (Lipinski definition) is 0. The molecule has 19 heavy (non-hydrogen) atoms. The van der Waals surface area contributed by atoms with Crippen LogP contribution in [0.2, 0.25) is 0 Å². The standard InChI is InChI=1S/C14H15FN2O2/c1-3-17(4-2)14(18)12-9-16-19-13(12)10-5-7-11(15)8-6-10/h5-9H,3-4H2,1-2H3. The smallest absolute Gasteiger partial charge is 0.259 e. The van der Waals surface area contributed by atoms with E-state index >= 15 is 0 Å². The van der Waals surface area contributed by atoms with E-state index in [-0.39, 0.29) is 11.7 Å². The Morgan fingerprint density at radius 1 is 1.26 bits per heavy atom. The van der Waals surface area contributed by atoms with E-state index in [0.717, 1.165) is 0 Å². The van der Waals surface area contributed by atoms with Crippen molar-refractivity contribution >= 4 is 5.91 Å². The molecule has 1 aromatic carbocycles. The van der Waals surface area contributed by atoms with Crippen LogP contribution < -0.4 is 0 Å². The average Bonchev–Trinajstić information content (AvgIpc) is 2.90. The first-order valence-electron chi connectivity index (χ1n) is 6.17. The summed E-state index contributed by atoms with van der Waals surface area (Å²) in [6.07, 6.45) is 1.40. The Kier molecular flexibility index (Phi) is 3.94. The van der Waals surface area contributed by atoms with Crippen molar-refractivity contribution in [3.8, 4) is 11.3 Å². The van der Waals surface area contributed by atoms with Gasteiger partial charge >= 0.3 is 0 Å². The van der Waals surface area contributed by atoms with Crippen molar-refractivity contribution in [2.45, 2.75) is 13.8 Å². The Hall–Kier alpha value is -2.17. The lowest BCUT2D eigenvalue weighted by atomic mass is 10.1. The maximum atomic E-state index is 12.9. The van der Waals surface area contributed by atoms with Gasteiger partial charge in [-0.3, -0.25) is 4.79 Å². The quantitative estimate of drug-likeness (QED) is 0.851. The number of halogens is 1. The number of benzene rings is 1. The topological polar surface area (TPSA) is 46.3 Å². The van der Waals surface area contributed by atoms with Gasteiger partial charge < -0.3 is 9.42 Å². The summed E-state index contributed by atoms with van der Waals surface area (Å²) in [7, 11) is 0. The van der Waals surface area contributed by atoms with E-state index in [1.807, 2.05) is 13.8 Å². The molecule has 0 aliphatic heterocycles. The normalized spacial score (nSPS) is 10.5. The third kappa shape index (κ3) is 2.65. The van der Waals surface area contributed by atoms with Gasteiger partial charge in [0.15, 0.2) is 5.76 Å². The molecule has 0 aliphatic carbocycles. The molecule has 0 aliphatic rings. The van der Waals surface area contributed by atoms with Gasteiger partial charge in [0.25, 0.3) is 5.91 Å².